The summed E-state index contributed by atoms with van der Waals surface area (Å²) < 4.78 is 5.31. The van der Waals surface area contributed by atoms with Crippen LogP contribution in [0.25, 0.3) is 0 Å². The van der Waals surface area contributed by atoms with E-state index in [2.05, 4.69) is 13.8 Å². The van der Waals surface area contributed by atoms with Crippen LogP contribution in [0.3, 0.4) is 0 Å². The van der Waals surface area contributed by atoms with Gasteiger partial charge in [-0.3, -0.25) is 4.79 Å². The van der Waals surface area contributed by atoms with Crippen molar-refractivity contribution >= 4 is 5.91 Å². The molecule has 1 atom stereocenters. The van der Waals surface area contributed by atoms with Crippen molar-refractivity contribution in [1.82, 2.24) is 4.90 Å². The van der Waals surface area contributed by atoms with Crippen LogP contribution in [0, 0.1) is 0 Å². The Morgan fingerprint density at radius 3 is 2.25 bits per heavy atom. The summed E-state index contributed by atoms with van der Waals surface area (Å²) >= 11 is 0. The monoisotopic (exact) mass is 230 g/mol. The van der Waals surface area contributed by atoms with Crippen molar-refractivity contribution in [3.8, 4) is 0 Å². The molecule has 2 N–H and O–H groups in total. The average molecular weight is 230 g/mol. The summed E-state index contributed by atoms with van der Waals surface area (Å²) in [5.74, 6) is 0.0759. The summed E-state index contributed by atoms with van der Waals surface area (Å²) in [5, 5.41) is 0. The van der Waals surface area contributed by atoms with E-state index in [-0.39, 0.29) is 18.6 Å². The van der Waals surface area contributed by atoms with Gasteiger partial charge in [-0.25, -0.2) is 0 Å². The molecule has 0 heterocycles. The SMILES string of the molecule is CCCN(CCC)C(=O)COCC(N)CC. The Labute approximate surface area is 99.1 Å². The van der Waals surface area contributed by atoms with Gasteiger partial charge in [-0.2, -0.15) is 0 Å². The fraction of sp³-hybridized carbons (Fsp3) is 0.917. The van der Waals surface area contributed by atoms with Crippen LogP contribution in [0.2, 0.25) is 0 Å². The van der Waals surface area contributed by atoms with Crippen molar-refractivity contribution in [3.63, 3.8) is 0 Å². The Bertz CT molecular complexity index is 180. The molecule has 0 aromatic heterocycles. The zero-order chi connectivity index (χ0) is 12.4. The number of amides is 1. The van der Waals surface area contributed by atoms with Crippen LogP contribution in [0.5, 0.6) is 0 Å². The molecule has 0 aromatic carbocycles. The number of nitrogens with two attached hydrogens (primary N) is 1. The molecule has 4 heteroatoms. The zero-order valence-corrected chi connectivity index (χ0v) is 10.9. The molecule has 0 radical (unpaired) electrons. The average Bonchev–Trinajstić information content (AvgIpc) is 2.28. The van der Waals surface area contributed by atoms with E-state index in [0.717, 1.165) is 32.4 Å². The van der Waals surface area contributed by atoms with E-state index >= 15 is 0 Å². The predicted molar refractivity (Wildman–Crippen MR) is 66.2 cm³/mol. The van der Waals surface area contributed by atoms with Gasteiger partial charge < -0.3 is 15.4 Å². The normalized spacial score (nSPS) is 12.5. The molecule has 4 nitrogen and oxygen atoms in total. The lowest BCUT2D eigenvalue weighted by molar-refractivity contribution is -0.136. The van der Waals surface area contributed by atoms with Crippen LogP contribution in [0.4, 0.5) is 0 Å². The van der Waals surface area contributed by atoms with E-state index in [0.29, 0.717) is 6.61 Å². The maximum absolute atomic E-state index is 11.8. The predicted octanol–water partition coefficient (Wildman–Crippen LogP) is 1.39. The van der Waals surface area contributed by atoms with E-state index in [4.69, 9.17) is 10.5 Å². The summed E-state index contributed by atoms with van der Waals surface area (Å²) in [4.78, 5) is 13.6. The first-order valence-electron chi connectivity index (χ1n) is 6.26. The third kappa shape index (κ3) is 6.80. The van der Waals surface area contributed by atoms with Gasteiger partial charge in [-0.05, 0) is 19.3 Å². The molecule has 0 aromatic rings. The van der Waals surface area contributed by atoms with Gasteiger partial charge in [-0.1, -0.05) is 20.8 Å². The molecule has 0 rings (SSSR count). The number of hydrogen-bond donors (Lipinski definition) is 1. The topological polar surface area (TPSA) is 55.6 Å². The Balaban J connectivity index is 3.81. The van der Waals surface area contributed by atoms with Gasteiger partial charge in [0.05, 0.1) is 6.61 Å². The van der Waals surface area contributed by atoms with Crippen LogP contribution in [0.1, 0.15) is 40.0 Å². The number of carbonyl (C=O) groups excluding carboxylic acids is 1. The quantitative estimate of drug-likeness (QED) is 0.651. The van der Waals surface area contributed by atoms with Crippen LogP contribution in [-0.2, 0) is 9.53 Å². The van der Waals surface area contributed by atoms with Crippen LogP contribution in [0.15, 0.2) is 0 Å². The summed E-state index contributed by atoms with van der Waals surface area (Å²) in [6.07, 6.45) is 2.85. The molecule has 0 bridgehead atoms. The highest BCUT2D eigenvalue weighted by Crippen LogP contribution is 1.97. The maximum atomic E-state index is 11.8. The van der Waals surface area contributed by atoms with Crippen molar-refractivity contribution in [2.75, 3.05) is 26.3 Å². The first-order valence-corrected chi connectivity index (χ1v) is 6.26. The molecule has 1 unspecified atom stereocenters. The number of ether oxygens (including phenoxy) is 1. The van der Waals surface area contributed by atoms with E-state index < -0.39 is 0 Å². The molecule has 0 saturated carbocycles. The fourth-order valence-corrected chi connectivity index (χ4v) is 1.41. The minimum atomic E-state index is 0.0404. The van der Waals surface area contributed by atoms with Gasteiger partial charge in [0.2, 0.25) is 5.91 Å². The molecule has 0 aliphatic rings. The molecule has 96 valence electrons. The highest BCUT2D eigenvalue weighted by molar-refractivity contribution is 5.77. The largest absolute Gasteiger partial charge is 0.370 e. The highest BCUT2D eigenvalue weighted by Gasteiger charge is 2.11. The van der Waals surface area contributed by atoms with Crippen LogP contribution < -0.4 is 5.73 Å². The van der Waals surface area contributed by atoms with Crippen molar-refractivity contribution in [2.24, 2.45) is 5.73 Å². The van der Waals surface area contributed by atoms with Crippen LogP contribution in [-0.4, -0.2) is 43.2 Å². The lowest BCUT2D eigenvalue weighted by Crippen LogP contribution is -2.36. The van der Waals surface area contributed by atoms with Gasteiger partial charge in [0, 0.05) is 19.1 Å². The molecule has 0 aliphatic heterocycles. The Kier molecular flexibility index (Phi) is 9.24. The first-order chi connectivity index (χ1) is 7.65. The van der Waals surface area contributed by atoms with Gasteiger partial charge in [0.25, 0.3) is 0 Å². The number of nitrogens with zero attached hydrogens (tertiary/aromatic N) is 1. The molecule has 1 amide bonds. The molecule has 0 aliphatic carbocycles. The summed E-state index contributed by atoms with van der Waals surface area (Å²) in [5.41, 5.74) is 5.70. The van der Waals surface area contributed by atoms with E-state index in [1.54, 1.807) is 0 Å². The van der Waals surface area contributed by atoms with Gasteiger partial charge in [0.1, 0.15) is 6.61 Å². The minimum Gasteiger partial charge on any atom is -0.370 e. The summed E-state index contributed by atoms with van der Waals surface area (Å²) in [7, 11) is 0. The third-order valence-corrected chi connectivity index (χ3v) is 2.42. The molecular weight excluding hydrogens is 204 g/mol. The molecule has 0 saturated heterocycles. The van der Waals surface area contributed by atoms with Gasteiger partial charge in [0.15, 0.2) is 0 Å². The molecule has 16 heavy (non-hydrogen) atoms. The number of rotatable bonds is 9. The first kappa shape index (κ1) is 15.4. The Morgan fingerprint density at radius 1 is 1.25 bits per heavy atom. The summed E-state index contributed by atoms with van der Waals surface area (Å²) in [6.45, 7) is 8.41. The van der Waals surface area contributed by atoms with Crippen molar-refractivity contribution in [2.45, 2.75) is 46.1 Å². The van der Waals surface area contributed by atoms with Gasteiger partial charge in [-0.15, -0.1) is 0 Å². The number of hydrogen-bond acceptors (Lipinski definition) is 3. The minimum absolute atomic E-state index is 0.0404. The smallest absolute Gasteiger partial charge is 0.248 e. The summed E-state index contributed by atoms with van der Waals surface area (Å²) in [6, 6.07) is 0.0404. The number of carbonyl (C=O) groups is 1. The van der Waals surface area contributed by atoms with Gasteiger partial charge >= 0.3 is 0 Å². The standard InChI is InChI=1S/C12H26N2O2/c1-4-7-14(8-5-2)12(15)10-16-9-11(13)6-3/h11H,4-10,13H2,1-3H3. The van der Waals surface area contributed by atoms with Crippen molar-refractivity contribution in [1.29, 1.82) is 0 Å². The van der Waals surface area contributed by atoms with Crippen molar-refractivity contribution in [3.05, 3.63) is 0 Å². The lowest BCUT2D eigenvalue weighted by atomic mass is 10.3. The lowest BCUT2D eigenvalue weighted by Gasteiger charge is -2.21. The van der Waals surface area contributed by atoms with E-state index in [9.17, 15) is 4.79 Å². The highest BCUT2D eigenvalue weighted by atomic mass is 16.5. The third-order valence-electron chi connectivity index (χ3n) is 2.42. The van der Waals surface area contributed by atoms with Crippen molar-refractivity contribution < 1.29 is 9.53 Å². The maximum Gasteiger partial charge on any atom is 0.248 e. The van der Waals surface area contributed by atoms with Crippen LogP contribution >= 0.6 is 0 Å². The van der Waals surface area contributed by atoms with E-state index in [1.165, 1.54) is 0 Å². The Hall–Kier alpha value is -0.610. The zero-order valence-electron chi connectivity index (χ0n) is 10.9. The molecule has 0 spiro atoms. The molecular formula is C12H26N2O2. The second kappa shape index (κ2) is 9.60. The molecule has 0 fully saturated rings. The second-order valence-corrected chi connectivity index (χ2v) is 4.06. The van der Waals surface area contributed by atoms with E-state index in [1.807, 2.05) is 11.8 Å². The fourth-order valence-electron chi connectivity index (χ4n) is 1.41. The Morgan fingerprint density at radius 2 is 1.81 bits per heavy atom. The second-order valence-electron chi connectivity index (χ2n) is 4.06.